The van der Waals surface area contributed by atoms with Gasteiger partial charge in [0, 0.05) is 30.6 Å². The van der Waals surface area contributed by atoms with Gasteiger partial charge in [-0.1, -0.05) is 23.8 Å². The minimum absolute atomic E-state index is 0.0570. The van der Waals surface area contributed by atoms with Crippen molar-refractivity contribution in [2.75, 3.05) is 26.7 Å². The summed E-state index contributed by atoms with van der Waals surface area (Å²) in [5, 5.41) is 3.20. The number of allylic oxidation sites excluding steroid dienone is 1. The number of nitrogens with zero attached hydrogens (tertiary/aromatic N) is 1. The second kappa shape index (κ2) is 11.2. The van der Waals surface area contributed by atoms with E-state index in [2.05, 4.69) is 30.1 Å². The van der Waals surface area contributed by atoms with E-state index in [9.17, 15) is 9.59 Å². The van der Waals surface area contributed by atoms with Crippen LogP contribution in [0.15, 0.2) is 57.6 Å². The van der Waals surface area contributed by atoms with Crippen LogP contribution in [0.4, 0.5) is 0 Å². The van der Waals surface area contributed by atoms with E-state index in [0.29, 0.717) is 22.6 Å². The Labute approximate surface area is 188 Å². The van der Waals surface area contributed by atoms with Crippen LogP contribution < -0.4 is 5.32 Å². The van der Waals surface area contributed by atoms with Crippen LogP contribution in [0.5, 0.6) is 0 Å². The molecule has 0 unspecified atom stereocenters. The molecule has 0 bridgehead atoms. The number of hydrogen-bond donors (Lipinski definition) is 1. The fourth-order valence-electron chi connectivity index (χ4n) is 3.50. The molecule has 1 N–H and O–H groups in total. The molecule has 3 rings (SSSR count). The number of ether oxygens (including phenoxy) is 1. The Morgan fingerprint density at radius 2 is 1.94 bits per heavy atom. The lowest BCUT2D eigenvalue weighted by molar-refractivity contribution is 0.0598. The third kappa shape index (κ3) is 6.48. The quantitative estimate of drug-likeness (QED) is 0.368. The van der Waals surface area contributed by atoms with Crippen LogP contribution in [-0.4, -0.2) is 49.6 Å². The molecule has 1 aliphatic rings. The molecule has 0 radical (unpaired) electrons. The molecule has 6 nitrogen and oxygen atoms in total. The zero-order valence-corrected chi connectivity index (χ0v) is 19.2. The van der Waals surface area contributed by atoms with Crippen molar-refractivity contribution in [3.05, 3.63) is 65.1 Å². The Kier molecular flexibility index (Phi) is 8.37. The average Bonchev–Trinajstić information content (AvgIpc) is 3.25. The van der Waals surface area contributed by atoms with Crippen LogP contribution in [0.1, 0.15) is 53.2 Å². The summed E-state index contributed by atoms with van der Waals surface area (Å²) in [6, 6.07) is 9.32. The second-order valence-electron chi connectivity index (χ2n) is 7.86. The normalized spacial score (nSPS) is 14.8. The summed E-state index contributed by atoms with van der Waals surface area (Å²) in [6.07, 6.45) is 5.63. The molecule has 1 aromatic heterocycles. The summed E-state index contributed by atoms with van der Waals surface area (Å²) in [7, 11) is 1.35. The summed E-state index contributed by atoms with van der Waals surface area (Å²) in [4.78, 5) is 28.1. The van der Waals surface area contributed by atoms with Crippen molar-refractivity contribution >= 4 is 23.6 Å². The van der Waals surface area contributed by atoms with E-state index in [1.165, 1.54) is 30.7 Å². The molecule has 2 aromatic rings. The monoisotopic (exact) mass is 442 g/mol. The van der Waals surface area contributed by atoms with Gasteiger partial charge in [0.05, 0.1) is 24.7 Å². The molecule has 1 fully saturated rings. The Hall–Kier alpha value is -2.51. The number of nitrogens with one attached hydrogen (secondary N) is 1. The molecule has 1 aromatic carbocycles. The molecule has 7 heteroatoms. The van der Waals surface area contributed by atoms with Crippen LogP contribution in [0.25, 0.3) is 0 Å². The van der Waals surface area contributed by atoms with Crippen molar-refractivity contribution in [3.63, 3.8) is 0 Å². The summed E-state index contributed by atoms with van der Waals surface area (Å²) in [6.45, 7) is 7.18. The lowest BCUT2D eigenvalue weighted by Crippen LogP contribution is -2.44. The highest BCUT2D eigenvalue weighted by atomic mass is 32.2. The molecule has 1 saturated heterocycles. The molecule has 0 saturated carbocycles. The van der Waals surface area contributed by atoms with Gasteiger partial charge in [-0.05, 0) is 44.9 Å². The molecule has 1 aliphatic heterocycles. The van der Waals surface area contributed by atoms with Gasteiger partial charge in [0.25, 0.3) is 5.91 Å². The first-order valence-electron chi connectivity index (χ1n) is 10.5. The van der Waals surface area contributed by atoms with E-state index in [0.717, 1.165) is 37.4 Å². The van der Waals surface area contributed by atoms with E-state index < -0.39 is 5.97 Å². The number of piperidine rings is 1. The van der Waals surface area contributed by atoms with Gasteiger partial charge in [0.1, 0.15) is 11.3 Å². The van der Waals surface area contributed by atoms with E-state index in [-0.39, 0.29) is 11.9 Å². The fourth-order valence-corrected chi connectivity index (χ4v) is 4.50. The number of benzene rings is 1. The van der Waals surface area contributed by atoms with E-state index in [1.807, 2.05) is 24.3 Å². The molecule has 0 aliphatic carbocycles. The third-order valence-electron chi connectivity index (χ3n) is 5.32. The Morgan fingerprint density at radius 3 is 2.65 bits per heavy atom. The van der Waals surface area contributed by atoms with Gasteiger partial charge >= 0.3 is 5.97 Å². The van der Waals surface area contributed by atoms with Crippen LogP contribution >= 0.6 is 11.8 Å². The summed E-state index contributed by atoms with van der Waals surface area (Å²) in [5.41, 5.74) is 2.39. The number of rotatable bonds is 8. The zero-order chi connectivity index (χ0) is 22.2. The topological polar surface area (TPSA) is 71.8 Å². The molecule has 0 atom stereocenters. The van der Waals surface area contributed by atoms with Gasteiger partial charge in [-0.25, -0.2) is 4.79 Å². The molecule has 0 spiro atoms. The fraction of sp³-hybridized carbons (Fsp3) is 0.417. The summed E-state index contributed by atoms with van der Waals surface area (Å²) >= 11 is 1.47. The van der Waals surface area contributed by atoms with Gasteiger partial charge in [-0.2, -0.15) is 0 Å². The largest absolute Gasteiger partial charge is 0.468 e. The zero-order valence-electron chi connectivity index (χ0n) is 18.3. The number of furan rings is 1. The van der Waals surface area contributed by atoms with E-state index in [1.54, 1.807) is 6.07 Å². The Morgan fingerprint density at radius 1 is 1.19 bits per heavy atom. The molecule has 2 heterocycles. The SMILES string of the molecule is COC(=O)c1ccoc1CSc1ccccc1C(=O)NC1CCN(CC=C(C)C)CC1. The standard InChI is InChI=1S/C24H30N2O4S/c1-17(2)8-12-26-13-9-18(10-14-26)25-23(27)20-6-4-5-7-22(20)31-16-21-19(11-15-30-21)24(28)29-3/h4-8,11,15,18H,9-10,12-14,16H2,1-3H3,(H,25,27). The first kappa shape index (κ1) is 23.2. The molecule has 1 amide bonds. The Bertz CT molecular complexity index is 925. The number of carbonyl (C=O) groups is 2. The predicted molar refractivity (Wildman–Crippen MR) is 122 cm³/mol. The molecular weight excluding hydrogens is 412 g/mol. The molecule has 166 valence electrons. The second-order valence-corrected chi connectivity index (χ2v) is 8.88. The highest BCUT2D eigenvalue weighted by molar-refractivity contribution is 7.98. The number of hydrogen-bond acceptors (Lipinski definition) is 6. The van der Waals surface area contributed by atoms with Crippen molar-refractivity contribution < 1.29 is 18.7 Å². The van der Waals surface area contributed by atoms with Crippen LogP contribution in [0.3, 0.4) is 0 Å². The smallest absolute Gasteiger partial charge is 0.341 e. The number of likely N-dealkylation sites (tertiary alicyclic amines) is 1. The van der Waals surface area contributed by atoms with Crippen molar-refractivity contribution in [1.29, 1.82) is 0 Å². The number of carbonyl (C=O) groups excluding carboxylic acids is 2. The van der Waals surface area contributed by atoms with Gasteiger partial charge in [0.15, 0.2) is 0 Å². The minimum atomic E-state index is -0.425. The van der Waals surface area contributed by atoms with Gasteiger partial charge in [-0.3, -0.25) is 9.69 Å². The highest BCUT2D eigenvalue weighted by Crippen LogP contribution is 2.28. The first-order valence-corrected chi connectivity index (χ1v) is 11.5. The van der Waals surface area contributed by atoms with Crippen LogP contribution in [-0.2, 0) is 10.5 Å². The first-order chi connectivity index (χ1) is 15.0. The van der Waals surface area contributed by atoms with Crippen molar-refractivity contribution in [2.45, 2.75) is 43.4 Å². The number of amides is 1. The van der Waals surface area contributed by atoms with Crippen molar-refractivity contribution in [3.8, 4) is 0 Å². The average molecular weight is 443 g/mol. The van der Waals surface area contributed by atoms with Gasteiger partial charge in [0.2, 0.25) is 0 Å². The molecule has 31 heavy (non-hydrogen) atoms. The minimum Gasteiger partial charge on any atom is -0.468 e. The summed E-state index contributed by atoms with van der Waals surface area (Å²) < 4.78 is 10.2. The van der Waals surface area contributed by atoms with Crippen molar-refractivity contribution in [1.82, 2.24) is 10.2 Å². The predicted octanol–water partition coefficient (Wildman–Crippen LogP) is 4.52. The van der Waals surface area contributed by atoms with Crippen LogP contribution in [0.2, 0.25) is 0 Å². The number of thioether (sulfide) groups is 1. The number of esters is 1. The summed E-state index contributed by atoms with van der Waals surface area (Å²) in [5.74, 6) is 0.491. The molecular formula is C24H30N2O4S. The lowest BCUT2D eigenvalue weighted by Gasteiger charge is -2.31. The highest BCUT2D eigenvalue weighted by Gasteiger charge is 2.22. The van der Waals surface area contributed by atoms with Gasteiger partial charge < -0.3 is 14.5 Å². The Balaban J connectivity index is 1.58. The maximum Gasteiger partial charge on any atom is 0.341 e. The van der Waals surface area contributed by atoms with E-state index in [4.69, 9.17) is 9.15 Å². The lowest BCUT2D eigenvalue weighted by atomic mass is 10.0. The maximum atomic E-state index is 13.0. The van der Waals surface area contributed by atoms with Gasteiger partial charge in [-0.15, -0.1) is 11.8 Å². The maximum absolute atomic E-state index is 13.0. The van der Waals surface area contributed by atoms with Crippen molar-refractivity contribution in [2.24, 2.45) is 0 Å². The number of methoxy groups -OCH3 is 1. The van der Waals surface area contributed by atoms with Crippen LogP contribution in [0, 0.1) is 0 Å². The third-order valence-corrected chi connectivity index (χ3v) is 6.40. The van der Waals surface area contributed by atoms with E-state index >= 15 is 0 Å².